The molecule has 32 heavy (non-hydrogen) atoms. The topological polar surface area (TPSA) is 102 Å². The highest BCUT2D eigenvalue weighted by atomic mass is 32.2. The van der Waals surface area contributed by atoms with Crippen molar-refractivity contribution >= 4 is 38.0 Å². The maximum absolute atomic E-state index is 13.1. The molecule has 0 radical (unpaired) electrons. The average Bonchev–Trinajstić information content (AvgIpc) is 3.26. The van der Waals surface area contributed by atoms with Crippen LogP contribution in [-0.2, 0) is 27.5 Å². The second-order valence-corrected chi connectivity index (χ2v) is 11.9. The Kier molecular flexibility index (Phi) is 6.57. The van der Waals surface area contributed by atoms with Gasteiger partial charge in [-0.2, -0.15) is 0 Å². The number of hydrogen-bond acceptors (Lipinski definition) is 6. The minimum atomic E-state index is -3.10. The first-order valence-electron chi connectivity index (χ1n) is 10.9. The summed E-state index contributed by atoms with van der Waals surface area (Å²) in [5.74, 6) is 0.115. The van der Waals surface area contributed by atoms with Crippen LogP contribution in [0.4, 0.5) is 5.00 Å². The number of carbonyl (C=O) groups is 2. The Labute approximate surface area is 192 Å². The zero-order valence-corrected chi connectivity index (χ0v) is 20.0. The quantitative estimate of drug-likeness (QED) is 0.667. The zero-order valence-electron chi connectivity index (χ0n) is 18.3. The highest BCUT2D eigenvalue weighted by Crippen LogP contribution is 2.38. The van der Waals surface area contributed by atoms with Gasteiger partial charge >= 0.3 is 0 Å². The van der Waals surface area contributed by atoms with Crippen LogP contribution in [0.25, 0.3) is 0 Å². The van der Waals surface area contributed by atoms with Crippen LogP contribution in [0.3, 0.4) is 0 Å². The van der Waals surface area contributed by atoms with Crippen LogP contribution in [-0.4, -0.2) is 44.4 Å². The number of carbonyl (C=O) groups excluding carboxylic acids is 2. The number of nitrogens with one attached hydrogen (secondary N) is 2. The van der Waals surface area contributed by atoms with Gasteiger partial charge in [0.25, 0.3) is 11.8 Å². The third kappa shape index (κ3) is 4.99. The van der Waals surface area contributed by atoms with Crippen molar-refractivity contribution in [2.24, 2.45) is 0 Å². The third-order valence-corrected chi connectivity index (χ3v) is 8.95. The van der Waals surface area contributed by atoms with Crippen LogP contribution in [0.1, 0.15) is 51.2 Å². The van der Waals surface area contributed by atoms with Crippen LogP contribution >= 0.6 is 11.3 Å². The number of hydrogen-bond donors (Lipinski definition) is 2. The van der Waals surface area contributed by atoms with Crippen molar-refractivity contribution in [1.82, 2.24) is 5.32 Å². The van der Waals surface area contributed by atoms with Gasteiger partial charge in [0, 0.05) is 10.9 Å². The molecule has 1 aromatic heterocycles. The van der Waals surface area contributed by atoms with Crippen molar-refractivity contribution in [3.8, 4) is 5.75 Å². The fraction of sp³-hybridized carbons (Fsp3) is 0.478. The van der Waals surface area contributed by atoms with Gasteiger partial charge in [-0.3, -0.25) is 9.59 Å². The van der Waals surface area contributed by atoms with E-state index in [4.69, 9.17) is 4.74 Å². The van der Waals surface area contributed by atoms with Crippen LogP contribution in [0.15, 0.2) is 18.2 Å². The molecular weight excluding hydrogens is 448 g/mol. The van der Waals surface area contributed by atoms with Gasteiger partial charge in [-0.05, 0) is 62.6 Å². The minimum absolute atomic E-state index is 0.0314. The van der Waals surface area contributed by atoms with E-state index in [-0.39, 0.29) is 36.0 Å². The second-order valence-electron chi connectivity index (χ2n) is 8.55. The van der Waals surface area contributed by atoms with Gasteiger partial charge in [0.2, 0.25) is 0 Å². The number of aryl methyl sites for hydroxylation is 3. The number of amides is 2. The summed E-state index contributed by atoms with van der Waals surface area (Å²) in [6, 6.07) is 5.41. The molecule has 1 aromatic carbocycles. The molecule has 2 aliphatic rings. The second kappa shape index (κ2) is 9.23. The fourth-order valence-corrected chi connectivity index (χ4v) is 7.36. The lowest BCUT2D eigenvalue weighted by Gasteiger charge is -2.16. The summed E-state index contributed by atoms with van der Waals surface area (Å²) >= 11 is 1.44. The smallest absolute Gasteiger partial charge is 0.262 e. The van der Waals surface area contributed by atoms with E-state index in [2.05, 4.69) is 10.6 Å². The minimum Gasteiger partial charge on any atom is -0.483 e. The SMILES string of the molecule is Cc1cccc(C)c1OCC(=O)Nc1sc2c(c1C(=O)NC1CCS(=O)(=O)C1)CCCC2. The molecule has 1 unspecified atom stereocenters. The zero-order chi connectivity index (χ0) is 22.9. The molecule has 9 heteroatoms. The summed E-state index contributed by atoms with van der Waals surface area (Å²) in [6.45, 7) is 3.70. The van der Waals surface area contributed by atoms with Crippen molar-refractivity contribution < 1.29 is 22.7 Å². The van der Waals surface area contributed by atoms with E-state index >= 15 is 0 Å². The first-order chi connectivity index (χ1) is 15.2. The van der Waals surface area contributed by atoms with Gasteiger partial charge < -0.3 is 15.4 Å². The largest absolute Gasteiger partial charge is 0.483 e. The van der Waals surface area contributed by atoms with Gasteiger partial charge in [0.1, 0.15) is 10.8 Å². The van der Waals surface area contributed by atoms with Gasteiger partial charge in [-0.25, -0.2) is 8.42 Å². The van der Waals surface area contributed by atoms with E-state index in [1.807, 2.05) is 32.0 Å². The maximum Gasteiger partial charge on any atom is 0.262 e. The van der Waals surface area contributed by atoms with Gasteiger partial charge in [-0.15, -0.1) is 11.3 Å². The monoisotopic (exact) mass is 476 g/mol. The first kappa shape index (κ1) is 22.8. The number of sulfone groups is 1. The summed E-state index contributed by atoms with van der Waals surface area (Å²) in [7, 11) is -3.10. The molecule has 1 saturated heterocycles. The van der Waals surface area contributed by atoms with Crippen molar-refractivity contribution in [3.05, 3.63) is 45.3 Å². The van der Waals surface area contributed by atoms with Crippen molar-refractivity contribution in [3.63, 3.8) is 0 Å². The highest BCUT2D eigenvalue weighted by molar-refractivity contribution is 7.91. The number of benzene rings is 1. The van der Waals surface area contributed by atoms with Crippen LogP contribution in [0.5, 0.6) is 5.75 Å². The van der Waals surface area contributed by atoms with E-state index in [1.165, 1.54) is 11.3 Å². The molecule has 0 bridgehead atoms. The number of ether oxygens (including phenoxy) is 1. The number of thiophene rings is 1. The predicted molar refractivity (Wildman–Crippen MR) is 126 cm³/mol. The number of para-hydroxylation sites is 1. The van der Waals surface area contributed by atoms with E-state index < -0.39 is 9.84 Å². The molecule has 1 fully saturated rings. The summed E-state index contributed by atoms with van der Waals surface area (Å²) in [6.07, 6.45) is 4.13. The molecule has 2 amide bonds. The van der Waals surface area contributed by atoms with E-state index in [0.717, 1.165) is 47.3 Å². The molecule has 1 aliphatic heterocycles. The lowest BCUT2D eigenvalue weighted by molar-refractivity contribution is -0.118. The molecule has 0 saturated carbocycles. The number of rotatable bonds is 6. The van der Waals surface area contributed by atoms with Crippen molar-refractivity contribution in [2.45, 2.75) is 52.0 Å². The number of anilines is 1. The molecule has 2 N–H and O–H groups in total. The van der Waals surface area contributed by atoms with Crippen LogP contribution in [0.2, 0.25) is 0 Å². The van der Waals surface area contributed by atoms with Crippen LogP contribution in [0, 0.1) is 13.8 Å². The molecular formula is C23H28N2O5S2. The molecule has 172 valence electrons. The summed E-state index contributed by atoms with van der Waals surface area (Å²) < 4.78 is 29.3. The lowest BCUT2D eigenvalue weighted by Crippen LogP contribution is -2.36. The normalized spacial score (nSPS) is 19.2. The van der Waals surface area contributed by atoms with Gasteiger partial charge in [-0.1, -0.05) is 18.2 Å². The van der Waals surface area contributed by atoms with Crippen molar-refractivity contribution in [2.75, 3.05) is 23.4 Å². The molecule has 2 heterocycles. The number of fused-ring (bicyclic) bond motifs is 1. The Morgan fingerprint density at radius 1 is 1.16 bits per heavy atom. The average molecular weight is 477 g/mol. The van der Waals surface area contributed by atoms with E-state index in [1.54, 1.807) is 0 Å². The Balaban J connectivity index is 1.50. The lowest BCUT2D eigenvalue weighted by atomic mass is 9.95. The molecule has 1 atom stereocenters. The Morgan fingerprint density at radius 3 is 2.56 bits per heavy atom. The Bertz CT molecular complexity index is 1130. The van der Waals surface area contributed by atoms with Crippen LogP contribution < -0.4 is 15.4 Å². The standard InChI is InChI=1S/C23H28N2O5S2/c1-14-6-5-7-15(2)21(14)30-12-19(26)25-23-20(17-8-3-4-9-18(17)31-23)22(27)24-16-10-11-32(28,29)13-16/h5-7,16H,3-4,8-13H2,1-2H3,(H,24,27)(H,25,26). The molecule has 4 rings (SSSR count). The molecule has 0 spiro atoms. The fourth-order valence-electron chi connectivity index (χ4n) is 4.39. The van der Waals surface area contributed by atoms with Gasteiger partial charge in [0.15, 0.2) is 16.4 Å². The molecule has 2 aromatic rings. The predicted octanol–water partition coefficient (Wildman–Crippen LogP) is 3.18. The van der Waals surface area contributed by atoms with Crippen molar-refractivity contribution in [1.29, 1.82) is 0 Å². The summed E-state index contributed by atoms with van der Waals surface area (Å²) in [5, 5.41) is 6.27. The van der Waals surface area contributed by atoms with E-state index in [0.29, 0.717) is 22.7 Å². The first-order valence-corrected chi connectivity index (χ1v) is 13.5. The Morgan fingerprint density at radius 2 is 1.88 bits per heavy atom. The van der Waals surface area contributed by atoms with E-state index in [9.17, 15) is 18.0 Å². The molecule has 7 nitrogen and oxygen atoms in total. The summed E-state index contributed by atoms with van der Waals surface area (Å²) in [4.78, 5) is 26.9. The summed E-state index contributed by atoms with van der Waals surface area (Å²) in [5.41, 5.74) is 3.37. The molecule has 1 aliphatic carbocycles. The van der Waals surface area contributed by atoms with Gasteiger partial charge in [0.05, 0.1) is 17.1 Å². The Hall–Kier alpha value is -2.39. The highest BCUT2D eigenvalue weighted by Gasteiger charge is 2.32. The third-order valence-electron chi connectivity index (χ3n) is 5.98. The maximum atomic E-state index is 13.1.